The van der Waals surface area contributed by atoms with Gasteiger partial charge >= 0.3 is 0 Å². The Hall–Kier alpha value is -1.99. The maximum absolute atomic E-state index is 12.1. The van der Waals surface area contributed by atoms with Crippen LogP contribution in [0.1, 0.15) is 12.8 Å². The first-order valence-corrected chi connectivity index (χ1v) is 6.61. The Balaban J connectivity index is 0.00000161. The maximum atomic E-state index is 12.1. The molecule has 1 amide bonds. The van der Waals surface area contributed by atoms with Crippen LogP contribution in [0.3, 0.4) is 0 Å². The lowest BCUT2D eigenvalue weighted by molar-refractivity contribution is -0.117. The van der Waals surface area contributed by atoms with Crippen molar-refractivity contribution in [3.8, 4) is 11.4 Å². The molecular formula is C13H17ClN6O. The van der Waals surface area contributed by atoms with E-state index in [0.717, 1.165) is 30.6 Å². The summed E-state index contributed by atoms with van der Waals surface area (Å²) in [6, 6.07) is 7.44. The van der Waals surface area contributed by atoms with E-state index in [2.05, 4.69) is 26.2 Å². The van der Waals surface area contributed by atoms with Crippen LogP contribution >= 0.6 is 12.4 Å². The highest BCUT2D eigenvalue weighted by Crippen LogP contribution is 2.20. The fourth-order valence-electron chi connectivity index (χ4n) is 2.35. The molecule has 1 fully saturated rings. The Morgan fingerprint density at radius 1 is 1.48 bits per heavy atom. The summed E-state index contributed by atoms with van der Waals surface area (Å²) in [5.74, 6) is 0.677. The monoisotopic (exact) mass is 308 g/mol. The van der Waals surface area contributed by atoms with Gasteiger partial charge < -0.3 is 10.6 Å². The number of hydrogen-bond donors (Lipinski definition) is 2. The van der Waals surface area contributed by atoms with E-state index in [4.69, 9.17) is 0 Å². The van der Waals surface area contributed by atoms with E-state index in [9.17, 15) is 4.79 Å². The lowest BCUT2D eigenvalue weighted by atomic mass is 10.1. The van der Waals surface area contributed by atoms with Crippen molar-refractivity contribution >= 4 is 24.0 Å². The zero-order valence-electron chi connectivity index (χ0n) is 11.6. The molecule has 2 aromatic rings. The van der Waals surface area contributed by atoms with Crippen LogP contribution in [0.25, 0.3) is 11.4 Å². The van der Waals surface area contributed by atoms with E-state index < -0.39 is 0 Å². The van der Waals surface area contributed by atoms with Gasteiger partial charge in [0.15, 0.2) is 5.82 Å². The summed E-state index contributed by atoms with van der Waals surface area (Å²) in [6.45, 7) is 0.905. The standard InChI is InChI=1S/C13H16N6O.ClH/c1-19-12(16-17-18-19)9-4-2-5-10(8-9)15-13(20)11-6-3-7-14-11;/h2,4-5,8,11,14H,3,6-7H2,1H3,(H,15,20);1H/t11-;/m0./s1. The summed E-state index contributed by atoms with van der Waals surface area (Å²) in [5.41, 5.74) is 1.62. The van der Waals surface area contributed by atoms with Gasteiger partial charge in [-0.1, -0.05) is 12.1 Å². The molecule has 0 bridgehead atoms. The van der Waals surface area contributed by atoms with E-state index in [1.807, 2.05) is 24.3 Å². The summed E-state index contributed by atoms with van der Waals surface area (Å²) >= 11 is 0. The number of tetrazole rings is 1. The topological polar surface area (TPSA) is 84.7 Å². The molecule has 112 valence electrons. The van der Waals surface area contributed by atoms with E-state index in [1.54, 1.807) is 11.7 Å². The minimum Gasteiger partial charge on any atom is -0.325 e. The number of hydrogen-bond acceptors (Lipinski definition) is 5. The third-order valence-electron chi connectivity index (χ3n) is 3.39. The molecule has 1 atom stereocenters. The largest absolute Gasteiger partial charge is 0.325 e. The summed E-state index contributed by atoms with van der Waals surface area (Å²) in [5, 5.41) is 17.5. The Morgan fingerprint density at radius 2 is 2.33 bits per heavy atom. The van der Waals surface area contributed by atoms with Crippen LogP contribution in [0.2, 0.25) is 0 Å². The van der Waals surface area contributed by atoms with Crippen molar-refractivity contribution in [3.63, 3.8) is 0 Å². The van der Waals surface area contributed by atoms with Crippen LogP contribution in [0.15, 0.2) is 24.3 Å². The van der Waals surface area contributed by atoms with Crippen LogP contribution in [0.4, 0.5) is 5.69 Å². The molecule has 0 unspecified atom stereocenters. The molecule has 1 aromatic heterocycles. The van der Waals surface area contributed by atoms with E-state index in [-0.39, 0.29) is 24.4 Å². The number of benzene rings is 1. The van der Waals surface area contributed by atoms with Crippen molar-refractivity contribution in [3.05, 3.63) is 24.3 Å². The molecule has 1 aliphatic heterocycles. The van der Waals surface area contributed by atoms with Gasteiger partial charge in [0, 0.05) is 18.3 Å². The molecule has 8 heteroatoms. The number of aryl methyl sites for hydroxylation is 1. The van der Waals surface area contributed by atoms with Crippen LogP contribution in [-0.4, -0.2) is 38.7 Å². The summed E-state index contributed by atoms with van der Waals surface area (Å²) < 4.78 is 1.60. The molecule has 7 nitrogen and oxygen atoms in total. The molecule has 0 spiro atoms. The SMILES string of the molecule is Cl.Cn1nnnc1-c1cccc(NC(=O)[C@@H]2CCCN2)c1. The van der Waals surface area contributed by atoms with Crippen LogP contribution in [0.5, 0.6) is 0 Å². The number of halogens is 1. The molecular weight excluding hydrogens is 292 g/mol. The summed E-state index contributed by atoms with van der Waals surface area (Å²) in [4.78, 5) is 12.1. The number of carbonyl (C=O) groups excluding carboxylic acids is 1. The van der Waals surface area contributed by atoms with Gasteiger partial charge in [-0.2, -0.15) is 0 Å². The van der Waals surface area contributed by atoms with Crippen molar-refractivity contribution < 1.29 is 4.79 Å². The molecule has 1 aromatic carbocycles. The average molecular weight is 309 g/mol. The van der Waals surface area contributed by atoms with Crippen molar-refractivity contribution in [1.29, 1.82) is 0 Å². The van der Waals surface area contributed by atoms with Crippen molar-refractivity contribution in [2.24, 2.45) is 7.05 Å². The molecule has 0 saturated carbocycles. The van der Waals surface area contributed by atoms with Gasteiger partial charge in [0.2, 0.25) is 5.91 Å². The number of aromatic nitrogens is 4. The second-order valence-corrected chi connectivity index (χ2v) is 4.85. The van der Waals surface area contributed by atoms with Crippen LogP contribution in [-0.2, 0) is 11.8 Å². The normalized spacial score (nSPS) is 17.3. The summed E-state index contributed by atoms with van der Waals surface area (Å²) in [6.07, 6.45) is 1.93. The van der Waals surface area contributed by atoms with E-state index in [1.165, 1.54) is 0 Å². The van der Waals surface area contributed by atoms with E-state index in [0.29, 0.717) is 5.82 Å². The number of anilines is 1. The fraction of sp³-hybridized carbons (Fsp3) is 0.385. The second-order valence-electron chi connectivity index (χ2n) is 4.85. The Morgan fingerprint density at radius 3 is 3.00 bits per heavy atom. The lowest BCUT2D eigenvalue weighted by Crippen LogP contribution is -2.35. The first kappa shape index (κ1) is 15.4. The van der Waals surface area contributed by atoms with Gasteiger partial charge in [-0.15, -0.1) is 17.5 Å². The quantitative estimate of drug-likeness (QED) is 0.883. The highest BCUT2D eigenvalue weighted by atomic mass is 35.5. The highest BCUT2D eigenvalue weighted by Gasteiger charge is 2.21. The van der Waals surface area contributed by atoms with Crippen molar-refractivity contribution in [2.45, 2.75) is 18.9 Å². The summed E-state index contributed by atoms with van der Waals surface area (Å²) in [7, 11) is 1.78. The lowest BCUT2D eigenvalue weighted by Gasteiger charge is -2.11. The molecule has 1 saturated heterocycles. The predicted molar refractivity (Wildman–Crippen MR) is 81.1 cm³/mol. The zero-order chi connectivity index (χ0) is 13.9. The molecule has 0 radical (unpaired) electrons. The van der Waals surface area contributed by atoms with Crippen LogP contribution < -0.4 is 10.6 Å². The number of nitrogens with zero attached hydrogens (tertiary/aromatic N) is 4. The molecule has 21 heavy (non-hydrogen) atoms. The third kappa shape index (κ3) is 3.37. The van der Waals surface area contributed by atoms with Gasteiger partial charge in [0.25, 0.3) is 0 Å². The molecule has 0 aliphatic carbocycles. The number of nitrogens with one attached hydrogen (secondary N) is 2. The number of amides is 1. The fourth-order valence-corrected chi connectivity index (χ4v) is 2.35. The minimum absolute atomic E-state index is 0. The molecule has 3 rings (SSSR count). The van der Waals surface area contributed by atoms with Gasteiger partial charge in [0.1, 0.15) is 0 Å². The predicted octanol–water partition coefficient (Wildman–Crippen LogP) is 0.989. The number of rotatable bonds is 3. The Kier molecular flexibility index (Phi) is 4.87. The Labute approximate surface area is 128 Å². The van der Waals surface area contributed by atoms with Gasteiger partial charge in [-0.25, -0.2) is 4.68 Å². The van der Waals surface area contributed by atoms with Crippen molar-refractivity contribution in [1.82, 2.24) is 25.5 Å². The van der Waals surface area contributed by atoms with Crippen LogP contribution in [0, 0.1) is 0 Å². The molecule has 2 N–H and O–H groups in total. The Bertz CT molecular complexity index is 623. The highest BCUT2D eigenvalue weighted by molar-refractivity contribution is 5.95. The second kappa shape index (κ2) is 6.64. The van der Waals surface area contributed by atoms with E-state index >= 15 is 0 Å². The first-order valence-electron chi connectivity index (χ1n) is 6.61. The zero-order valence-corrected chi connectivity index (χ0v) is 12.4. The van der Waals surface area contributed by atoms with Gasteiger partial charge in [0.05, 0.1) is 6.04 Å². The minimum atomic E-state index is -0.0878. The van der Waals surface area contributed by atoms with Gasteiger partial charge in [-0.3, -0.25) is 4.79 Å². The maximum Gasteiger partial charge on any atom is 0.241 e. The average Bonchev–Trinajstić information content (AvgIpc) is 3.10. The van der Waals surface area contributed by atoms with Gasteiger partial charge in [-0.05, 0) is 41.9 Å². The van der Waals surface area contributed by atoms with Crippen molar-refractivity contribution in [2.75, 3.05) is 11.9 Å². The smallest absolute Gasteiger partial charge is 0.241 e. The first-order chi connectivity index (χ1) is 9.74. The molecule has 2 heterocycles. The third-order valence-corrected chi connectivity index (χ3v) is 3.39. The molecule has 1 aliphatic rings. The number of carbonyl (C=O) groups is 1.